The highest BCUT2D eigenvalue weighted by Crippen LogP contribution is 2.45. The summed E-state index contributed by atoms with van der Waals surface area (Å²) in [5.74, 6) is 0.589. The van der Waals surface area contributed by atoms with E-state index < -0.39 is 0 Å². The maximum Gasteiger partial charge on any atom is 0.227 e. The third-order valence-electron chi connectivity index (χ3n) is 10.1. The Morgan fingerprint density at radius 2 is 1.15 bits per heavy atom. The van der Waals surface area contributed by atoms with Crippen LogP contribution in [0.4, 0.5) is 17.1 Å². The van der Waals surface area contributed by atoms with E-state index in [-0.39, 0.29) is 0 Å². The molecule has 11 rings (SSSR count). The summed E-state index contributed by atoms with van der Waals surface area (Å²) in [6.45, 7) is 0. The van der Waals surface area contributed by atoms with E-state index in [2.05, 4.69) is 120 Å². The van der Waals surface area contributed by atoms with E-state index in [9.17, 15) is 0 Å². The molecular weight excluding hydrogens is 641 g/mol. The standard InChI is InChI=1S/C47H28N2O3/c1-2-11-31(12-3-1)47-48-45-42(52-47)27-26-41-44(45)38-25-24-33(28-43(38)50-41)49(39-18-9-17-37-36-15-6-7-19-40(36)51-46(37)39)32-22-20-30(21-23-32)35-16-8-13-29-10-4-5-14-34(29)35/h1-28H. The average molecular weight is 669 g/mol. The van der Waals surface area contributed by atoms with E-state index in [1.807, 2.05) is 54.6 Å². The molecule has 0 saturated heterocycles. The van der Waals surface area contributed by atoms with Gasteiger partial charge in [0.1, 0.15) is 22.3 Å². The van der Waals surface area contributed by atoms with Crippen LogP contribution in [0.2, 0.25) is 0 Å². The second kappa shape index (κ2) is 11.2. The molecule has 52 heavy (non-hydrogen) atoms. The summed E-state index contributed by atoms with van der Waals surface area (Å²) in [6, 6.07) is 58.6. The van der Waals surface area contributed by atoms with Gasteiger partial charge in [-0.15, -0.1) is 0 Å². The maximum absolute atomic E-state index is 6.59. The zero-order chi connectivity index (χ0) is 34.2. The van der Waals surface area contributed by atoms with Crippen molar-refractivity contribution in [2.75, 3.05) is 4.90 Å². The third kappa shape index (κ3) is 4.39. The van der Waals surface area contributed by atoms with E-state index in [0.717, 1.165) is 83.2 Å². The molecular formula is C47H28N2O3. The van der Waals surface area contributed by atoms with Crippen molar-refractivity contribution in [1.82, 2.24) is 4.98 Å². The molecule has 0 N–H and O–H groups in total. The topological polar surface area (TPSA) is 55.6 Å². The summed E-state index contributed by atoms with van der Waals surface area (Å²) in [6.07, 6.45) is 0. The highest BCUT2D eigenvalue weighted by molar-refractivity contribution is 6.17. The number of hydrogen-bond donors (Lipinski definition) is 0. The maximum atomic E-state index is 6.59. The molecule has 0 aliphatic heterocycles. The fourth-order valence-corrected chi connectivity index (χ4v) is 7.69. The van der Waals surface area contributed by atoms with Gasteiger partial charge in [0.2, 0.25) is 5.89 Å². The zero-order valence-electron chi connectivity index (χ0n) is 27.8. The van der Waals surface area contributed by atoms with Crippen LogP contribution in [0.3, 0.4) is 0 Å². The lowest BCUT2D eigenvalue weighted by Crippen LogP contribution is -2.10. The lowest BCUT2D eigenvalue weighted by atomic mass is 9.98. The van der Waals surface area contributed by atoms with Crippen molar-refractivity contribution in [3.05, 3.63) is 170 Å². The van der Waals surface area contributed by atoms with Gasteiger partial charge in [-0.2, -0.15) is 0 Å². The summed E-state index contributed by atoms with van der Waals surface area (Å²) in [5.41, 5.74) is 10.9. The van der Waals surface area contributed by atoms with Gasteiger partial charge < -0.3 is 18.2 Å². The number of furan rings is 2. The fraction of sp³-hybridized carbons (Fsp3) is 0. The van der Waals surface area contributed by atoms with Crippen LogP contribution in [0, 0.1) is 0 Å². The minimum absolute atomic E-state index is 0.589. The summed E-state index contributed by atoms with van der Waals surface area (Å²) in [4.78, 5) is 7.20. The number of benzene rings is 8. The Bertz CT molecular complexity index is 3130. The number of nitrogens with zero attached hydrogens (tertiary/aromatic N) is 2. The molecule has 0 saturated carbocycles. The first-order valence-electron chi connectivity index (χ1n) is 17.4. The summed E-state index contributed by atoms with van der Waals surface area (Å²) in [7, 11) is 0. The largest absolute Gasteiger partial charge is 0.456 e. The van der Waals surface area contributed by atoms with Crippen LogP contribution in [0.25, 0.3) is 88.3 Å². The van der Waals surface area contributed by atoms with Gasteiger partial charge in [0.05, 0.1) is 16.8 Å². The van der Waals surface area contributed by atoms with E-state index >= 15 is 0 Å². The average Bonchev–Trinajstić information content (AvgIpc) is 3.92. The number of oxazole rings is 1. The van der Waals surface area contributed by atoms with E-state index in [1.54, 1.807) is 0 Å². The smallest absolute Gasteiger partial charge is 0.227 e. The number of hydrogen-bond acceptors (Lipinski definition) is 5. The van der Waals surface area contributed by atoms with E-state index in [0.29, 0.717) is 5.89 Å². The summed E-state index contributed by atoms with van der Waals surface area (Å²) >= 11 is 0. The first-order valence-corrected chi connectivity index (χ1v) is 17.4. The summed E-state index contributed by atoms with van der Waals surface area (Å²) in [5, 5.41) is 6.53. The highest BCUT2D eigenvalue weighted by Gasteiger charge is 2.22. The number of fused-ring (bicyclic) bond motifs is 9. The summed E-state index contributed by atoms with van der Waals surface area (Å²) < 4.78 is 19.4. The van der Waals surface area contributed by atoms with Crippen molar-refractivity contribution in [2.45, 2.75) is 0 Å². The second-order valence-electron chi connectivity index (χ2n) is 13.1. The van der Waals surface area contributed by atoms with E-state index in [4.69, 9.17) is 18.2 Å². The Balaban J connectivity index is 1.10. The number of para-hydroxylation sites is 2. The minimum atomic E-state index is 0.589. The number of aromatic nitrogens is 1. The van der Waals surface area contributed by atoms with Gasteiger partial charge in [0, 0.05) is 33.5 Å². The Labute approximate surface area is 297 Å². The molecule has 0 fully saturated rings. The van der Waals surface area contributed by atoms with Gasteiger partial charge in [-0.1, -0.05) is 103 Å². The van der Waals surface area contributed by atoms with Crippen molar-refractivity contribution in [1.29, 1.82) is 0 Å². The lowest BCUT2D eigenvalue weighted by molar-refractivity contribution is 0.619. The van der Waals surface area contributed by atoms with Gasteiger partial charge in [0.25, 0.3) is 0 Å². The molecule has 0 amide bonds. The predicted molar refractivity (Wildman–Crippen MR) is 212 cm³/mol. The van der Waals surface area contributed by atoms with Crippen LogP contribution in [0.5, 0.6) is 0 Å². The van der Waals surface area contributed by atoms with Crippen molar-refractivity contribution < 1.29 is 13.3 Å². The molecule has 3 aromatic heterocycles. The third-order valence-corrected chi connectivity index (χ3v) is 10.1. The predicted octanol–water partition coefficient (Wildman–Crippen LogP) is 13.6. The Hall–Kier alpha value is -7.11. The molecule has 11 aromatic rings. The number of anilines is 3. The molecule has 244 valence electrons. The number of rotatable bonds is 5. The van der Waals surface area contributed by atoms with Crippen LogP contribution in [-0.4, -0.2) is 4.98 Å². The van der Waals surface area contributed by atoms with Crippen LogP contribution in [0.15, 0.2) is 183 Å². The molecule has 0 radical (unpaired) electrons. The Morgan fingerprint density at radius 3 is 2.06 bits per heavy atom. The van der Waals surface area contributed by atoms with E-state index in [1.165, 1.54) is 16.3 Å². The zero-order valence-corrected chi connectivity index (χ0v) is 27.8. The second-order valence-corrected chi connectivity index (χ2v) is 13.1. The van der Waals surface area contributed by atoms with Gasteiger partial charge in [-0.25, -0.2) is 4.98 Å². The van der Waals surface area contributed by atoms with Crippen molar-refractivity contribution >= 4 is 82.8 Å². The normalized spacial score (nSPS) is 11.8. The van der Waals surface area contributed by atoms with Crippen LogP contribution in [0.1, 0.15) is 0 Å². The monoisotopic (exact) mass is 668 g/mol. The van der Waals surface area contributed by atoms with Crippen molar-refractivity contribution in [3.8, 4) is 22.6 Å². The van der Waals surface area contributed by atoms with Crippen LogP contribution in [-0.2, 0) is 0 Å². The van der Waals surface area contributed by atoms with Gasteiger partial charge in [-0.05, 0) is 82.6 Å². The Kier molecular flexibility index (Phi) is 6.18. The molecule has 0 bridgehead atoms. The first kappa shape index (κ1) is 28.7. The Morgan fingerprint density at radius 1 is 0.423 bits per heavy atom. The molecule has 0 aliphatic carbocycles. The molecule has 8 aromatic carbocycles. The van der Waals surface area contributed by atoms with Gasteiger partial charge in [-0.3, -0.25) is 0 Å². The first-order chi connectivity index (χ1) is 25.8. The fourth-order valence-electron chi connectivity index (χ4n) is 7.69. The van der Waals surface area contributed by atoms with Gasteiger partial charge in [0.15, 0.2) is 11.2 Å². The molecule has 0 spiro atoms. The molecule has 0 aliphatic rings. The SMILES string of the molecule is c1ccc(-c2nc3c(ccc4oc5cc(N(c6ccc(-c7cccc8ccccc78)cc6)c6cccc7c6oc6ccccc67)ccc5c43)o2)cc1. The van der Waals surface area contributed by atoms with Crippen LogP contribution < -0.4 is 4.90 Å². The van der Waals surface area contributed by atoms with Crippen molar-refractivity contribution in [2.24, 2.45) is 0 Å². The van der Waals surface area contributed by atoms with Crippen molar-refractivity contribution in [3.63, 3.8) is 0 Å². The minimum Gasteiger partial charge on any atom is -0.456 e. The molecule has 5 heteroatoms. The quantitative estimate of drug-likeness (QED) is 0.183. The van der Waals surface area contributed by atoms with Crippen LogP contribution >= 0.6 is 0 Å². The molecule has 5 nitrogen and oxygen atoms in total. The highest BCUT2D eigenvalue weighted by atomic mass is 16.4. The lowest BCUT2D eigenvalue weighted by Gasteiger charge is -2.25. The molecule has 3 heterocycles. The molecule has 0 atom stereocenters. The van der Waals surface area contributed by atoms with Gasteiger partial charge >= 0.3 is 0 Å². The molecule has 0 unspecified atom stereocenters.